The average molecular weight is 329 g/mol. The van der Waals surface area contributed by atoms with Gasteiger partial charge in [0.1, 0.15) is 0 Å². The summed E-state index contributed by atoms with van der Waals surface area (Å²) in [6, 6.07) is 5.42. The molecule has 2 aromatic rings. The van der Waals surface area contributed by atoms with E-state index in [1.165, 1.54) is 0 Å². The second kappa shape index (κ2) is 7.01. The van der Waals surface area contributed by atoms with Crippen LogP contribution < -0.4 is 0 Å². The Labute approximate surface area is 139 Å². The van der Waals surface area contributed by atoms with Crippen LogP contribution in [0.5, 0.6) is 0 Å². The van der Waals surface area contributed by atoms with Gasteiger partial charge in [0, 0.05) is 54.1 Å². The van der Waals surface area contributed by atoms with Gasteiger partial charge in [-0.05, 0) is 42.5 Å². The summed E-state index contributed by atoms with van der Waals surface area (Å²) < 4.78 is 0. The minimum absolute atomic E-state index is 0.0332. The van der Waals surface area contributed by atoms with Crippen LogP contribution in [-0.4, -0.2) is 27.4 Å². The van der Waals surface area contributed by atoms with Crippen LogP contribution in [-0.2, 0) is 0 Å². The summed E-state index contributed by atoms with van der Waals surface area (Å²) in [6.07, 6.45) is 8.48. The number of pyridine rings is 2. The molecule has 2 unspecified atom stereocenters. The highest BCUT2D eigenvalue weighted by Crippen LogP contribution is 2.49. The quantitative estimate of drug-likeness (QED) is 0.575. The number of carbonyl (C=O) groups is 2. The number of rotatable bonds is 7. The lowest BCUT2D eigenvalue weighted by atomic mass is 10.0. The van der Waals surface area contributed by atoms with Gasteiger partial charge in [-0.3, -0.25) is 19.6 Å². The Morgan fingerprint density at radius 2 is 2.00 bits per heavy atom. The van der Waals surface area contributed by atoms with E-state index in [1.54, 1.807) is 36.9 Å². The average Bonchev–Trinajstić information content (AvgIpc) is 3.40. The Kier molecular flexibility index (Phi) is 4.82. The van der Waals surface area contributed by atoms with Crippen molar-refractivity contribution in [2.75, 3.05) is 5.88 Å². The topological polar surface area (TPSA) is 59.9 Å². The molecule has 1 aliphatic carbocycles. The van der Waals surface area contributed by atoms with Crippen molar-refractivity contribution in [2.24, 2.45) is 5.92 Å². The van der Waals surface area contributed by atoms with Gasteiger partial charge >= 0.3 is 0 Å². The fourth-order valence-electron chi connectivity index (χ4n) is 2.76. The predicted octanol–water partition coefficient (Wildman–Crippen LogP) is 3.66. The molecule has 0 saturated heterocycles. The van der Waals surface area contributed by atoms with E-state index in [-0.39, 0.29) is 23.4 Å². The van der Waals surface area contributed by atoms with Gasteiger partial charge < -0.3 is 0 Å². The van der Waals surface area contributed by atoms with Gasteiger partial charge in [-0.25, -0.2) is 0 Å². The summed E-state index contributed by atoms with van der Waals surface area (Å²) >= 11 is 5.63. The highest BCUT2D eigenvalue weighted by atomic mass is 35.5. The first-order valence-corrected chi connectivity index (χ1v) is 8.22. The van der Waals surface area contributed by atoms with Gasteiger partial charge in [0.2, 0.25) is 0 Å². The minimum Gasteiger partial charge on any atom is -0.294 e. The number of ketones is 2. The van der Waals surface area contributed by atoms with Crippen molar-refractivity contribution in [3.63, 3.8) is 0 Å². The molecule has 0 aromatic carbocycles. The summed E-state index contributed by atoms with van der Waals surface area (Å²) in [6.45, 7) is 0. The molecule has 0 aliphatic heterocycles. The highest BCUT2D eigenvalue weighted by Gasteiger charge is 2.44. The third-order valence-electron chi connectivity index (χ3n) is 4.12. The van der Waals surface area contributed by atoms with Crippen molar-refractivity contribution < 1.29 is 9.59 Å². The molecule has 2 atom stereocenters. The molecule has 0 spiro atoms. The number of hydrogen-bond donors (Lipinski definition) is 0. The Morgan fingerprint density at radius 3 is 2.74 bits per heavy atom. The maximum Gasteiger partial charge on any atom is 0.168 e. The lowest BCUT2D eigenvalue weighted by molar-refractivity contribution is 0.0962. The normalized spacial score (nSPS) is 19.3. The van der Waals surface area contributed by atoms with Crippen LogP contribution in [0.4, 0.5) is 0 Å². The first-order valence-electron chi connectivity index (χ1n) is 7.69. The second-order valence-corrected chi connectivity index (χ2v) is 6.16. The lowest BCUT2D eigenvalue weighted by Crippen LogP contribution is -2.05. The SMILES string of the molecule is O=C(CCCCl)c1cncc(C2CC2C(=O)c2cccnc2)c1. The number of aromatic nitrogens is 2. The van der Waals surface area contributed by atoms with Crippen LogP contribution in [0, 0.1) is 5.92 Å². The van der Waals surface area contributed by atoms with Crippen LogP contribution >= 0.6 is 11.6 Å². The molecule has 1 saturated carbocycles. The second-order valence-electron chi connectivity index (χ2n) is 5.78. The predicted molar refractivity (Wildman–Crippen MR) is 87.9 cm³/mol. The summed E-state index contributed by atoms with van der Waals surface area (Å²) in [7, 11) is 0. The van der Waals surface area contributed by atoms with Gasteiger partial charge in [0.05, 0.1) is 0 Å². The fourth-order valence-corrected chi connectivity index (χ4v) is 2.89. The number of Topliss-reactive ketones (excluding diaryl/α,β-unsaturated/α-hetero) is 2. The molecule has 1 aliphatic rings. The first-order chi connectivity index (χ1) is 11.2. The van der Waals surface area contributed by atoms with E-state index in [0.29, 0.717) is 29.8 Å². The number of carbonyl (C=O) groups excluding carboxylic acids is 2. The minimum atomic E-state index is -0.0332. The molecule has 0 N–H and O–H groups in total. The van der Waals surface area contributed by atoms with E-state index in [0.717, 1.165) is 12.0 Å². The van der Waals surface area contributed by atoms with E-state index in [4.69, 9.17) is 11.6 Å². The van der Waals surface area contributed by atoms with E-state index in [1.807, 2.05) is 6.07 Å². The molecule has 5 heteroatoms. The zero-order valence-electron chi connectivity index (χ0n) is 12.6. The molecule has 4 nitrogen and oxygen atoms in total. The molecular formula is C18H17ClN2O2. The van der Waals surface area contributed by atoms with E-state index in [9.17, 15) is 9.59 Å². The van der Waals surface area contributed by atoms with Crippen molar-refractivity contribution >= 4 is 23.2 Å². The molecule has 0 radical (unpaired) electrons. The Morgan fingerprint density at radius 1 is 1.17 bits per heavy atom. The molecular weight excluding hydrogens is 312 g/mol. The Hall–Kier alpha value is -2.07. The van der Waals surface area contributed by atoms with Crippen LogP contribution in [0.3, 0.4) is 0 Å². The van der Waals surface area contributed by atoms with Crippen LogP contribution in [0.25, 0.3) is 0 Å². The maximum atomic E-state index is 12.4. The van der Waals surface area contributed by atoms with Crippen molar-refractivity contribution in [2.45, 2.75) is 25.2 Å². The van der Waals surface area contributed by atoms with Crippen molar-refractivity contribution in [3.8, 4) is 0 Å². The molecule has 2 heterocycles. The summed E-state index contributed by atoms with van der Waals surface area (Å²) in [4.78, 5) is 32.6. The van der Waals surface area contributed by atoms with Gasteiger partial charge in [0.15, 0.2) is 11.6 Å². The highest BCUT2D eigenvalue weighted by molar-refractivity contribution is 6.18. The number of nitrogens with zero attached hydrogens (tertiary/aromatic N) is 2. The third kappa shape index (κ3) is 3.64. The summed E-state index contributed by atoms with van der Waals surface area (Å²) in [5.41, 5.74) is 2.21. The summed E-state index contributed by atoms with van der Waals surface area (Å²) in [5, 5.41) is 0. The molecule has 3 rings (SSSR count). The Balaban J connectivity index is 1.70. The molecule has 0 amide bonds. The van der Waals surface area contributed by atoms with E-state index >= 15 is 0 Å². The Bertz CT molecular complexity index is 718. The summed E-state index contributed by atoms with van der Waals surface area (Å²) in [5.74, 6) is 0.756. The van der Waals surface area contributed by atoms with Crippen LogP contribution in [0.2, 0.25) is 0 Å². The zero-order chi connectivity index (χ0) is 16.2. The fraction of sp³-hybridized carbons (Fsp3) is 0.333. The van der Waals surface area contributed by atoms with E-state index in [2.05, 4.69) is 9.97 Å². The molecule has 0 bridgehead atoms. The van der Waals surface area contributed by atoms with Gasteiger partial charge in [-0.15, -0.1) is 11.6 Å². The first kappa shape index (κ1) is 15.8. The van der Waals surface area contributed by atoms with Gasteiger partial charge in [-0.2, -0.15) is 0 Å². The monoisotopic (exact) mass is 328 g/mol. The maximum absolute atomic E-state index is 12.4. The molecule has 118 valence electrons. The van der Waals surface area contributed by atoms with E-state index < -0.39 is 0 Å². The number of hydrogen-bond acceptors (Lipinski definition) is 4. The largest absolute Gasteiger partial charge is 0.294 e. The molecule has 2 aromatic heterocycles. The van der Waals surface area contributed by atoms with Gasteiger partial charge in [0.25, 0.3) is 0 Å². The van der Waals surface area contributed by atoms with Gasteiger partial charge in [-0.1, -0.05) is 0 Å². The molecule has 1 fully saturated rings. The van der Waals surface area contributed by atoms with Crippen LogP contribution in [0.15, 0.2) is 43.0 Å². The standard InChI is InChI=1S/C18H17ClN2O2/c19-5-1-4-17(22)14-7-13(10-21-11-14)15-8-16(15)18(23)12-3-2-6-20-9-12/h2-3,6-7,9-11,15-16H,1,4-5,8H2. The molecule has 23 heavy (non-hydrogen) atoms. The lowest BCUT2D eigenvalue weighted by Gasteiger charge is -2.04. The van der Waals surface area contributed by atoms with Crippen LogP contribution in [0.1, 0.15) is 51.5 Å². The van der Waals surface area contributed by atoms with Crippen molar-refractivity contribution in [3.05, 3.63) is 59.7 Å². The van der Waals surface area contributed by atoms with Crippen molar-refractivity contribution in [1.82, 2.24) is 9.97 Å². The number of halogens is 1. The smallest absolute Gasteiger partial charge is 0.168 e. The van der Waals surface area contributed by atoms with Crippen molar-refractivity contribution in [1.29, 1.82) is 0 Å². The zero-order valence-corrected chi connectivity index (χ0v) is 13.4. The third-order valence-corrected chi connectivity index (χ3v) is 4.39. The number of alkyl halides is 1.